The zero-order valence-electron chi connectivity index (χ0n) is 8.97. The molecule has 1 aromatic rings. The van der Waals surface area contributed by atoms with Crippen molar-refractivity contribution in [2.24, 2.45) is 0 Å². The van der Waals surface area contributed by atoms with Gasteiger partial charge in [-0.05, 0) is 12.5 Å². The molecule has 0 aliphatic carbocycles. The van der Waals surface area contributed by atoms with Gasteiger partial charge in [-0.15, -0.1) is 0 Å². The summed E-state index contributed by atoms with van der Waals surface area (Å²) in [6.45, 7) is 1.72. The second-order valence-corrected chi connectivity index (χ2v) is 3.21. The highest BCUT2D eigenvalue weighted by molar-refractivity contribution is 5.67. The van der Waals surface area contributed by atoms with E-state index in [9.17, 15) is 14.9 Å². The lowest BCUT2D eigenvalue weighted by molar-refractivity contribution is -0.384. The summed E-state index contributed by atoms with van der Waals surface area (Å²) in [5.74, 6) is 0. The van der Waals surface area contributed by atoms with E-state index in [1.54, 1.807) is 19.1 Å². The highest BCUT2D eigenvalue weighted by Crippen LogP contribution is 2.18. The van der Waals surface area contributed by atoms with Gasteiger partial charge in [0, 0.05) is 12.1 Å². The lowest BCUT2D eigenvalue weighted by atomic mass is 10.1. The minimum absolute atomic E-state index is 0.00369. The number of benzene rings is 1. The molecule has 1 N–H and O–H groups in total. The fourth-order valence-corrected chi connectivity index (χ4v) is 1.23. The summed E-state index contributed by atoms with van der Waals surface area (Å²) >= 11 is 0. The Morgan fingerprint density at radius 2 is 2.25 bits per heavy atom. The van der Waals surface area contributed by atoms with Crippen molar-refractivity contribution in [2.75, 3.05) is 7.11 Å². The summed E-state index contributed by atoms with van der Waals surface area (Å²) in [4.78, 5) is 21.0. The maximum atomic E-state index is 10.9. The molecule has 86 valence electrons. The zero-order valence-corrected chi connectivity index (χ0v) is 8.97. The molecule has 1 unspecified atom stereocenters. The van der Waals surface area contributed by atoms with Crippen LogP contribution in [0.2, 0.25) is 0 Å². The number of rotatable bonds is 3. The van der Waals surface area contributed by atoms with Crippen LogP contribution in [0.4, 0.5) is 10.5 Å². The first-order valence-electron chi connectivity index (χ1n) is 4.63. The molecule has 1 rings (SSSR count). The molecule has 16 heavy (non-hydrogen) atoms. The van der Waals surface area contributed by atoms with E-state index in [1.165, 1.54) is 19.2 Å². The Bertz CT molecular complexity index is 406. The van der Waals surface area contributed by atoms with Crippen LogP contribution in [0.25, 0.3) is 0 Å². The second kappa shape index (κ2) is 5.11. The molecule has 0 saturated carbocycles. The average molecular weight is 224 g/mol. The van der Waals surface area contributed by atoms with Crippen LogP contribution in [0.3, 0.4) is 0 Å². The Kier molecular flexibility index (Phi) is 3.82. The maximum Gasteiger partial charge on any atom is 0.407 e. The van der Waals surface area contributed by atoms with Crippen LogP contribution in [0.15, 0.2) is 24.3 Å². The Morgan fingerprint density at radius 1 is 1.56 bits per heavy atom. The molecular weight excluding hydrogens is 212 g/mol. The second-order valence-electron chi connectivity index (χ2n) is 3.21. The number of alkyl carbamates (subject to hydrolysis) is 1. The van der Waals surface area contributed by atoms with Crippen molar-refractivity contribution in [1.29, 1.82) is 0 Å². The summed E-state index contributed by atoms with van der Waals surface area (Å²) in [5, 5.41) is 13.1. The standard InChI is InChI=1S/C10H12N2O4/c1-7(11-10(13)16-2)8-4-3-5-9(6-8)12(14)15/h3-7H,1-2H3,(H,11,13). The number of hydrogen-bond acceptors (Lipinski definition) is 4. The molecule has 0 saturated heterocycles. The van der Waals surface area contributed by atoms with Gasteiger partial charge < -0.3 is 10.1 Å². The lowest BCUT2D eigenvalue weighted by Gasteiger charge is -2.12. The Morgan fingerprint density at radius 3 is 2.81 bits per heavy atom. The van der Waals surface area contributed by atoms with E-state index >= 15 is 0 Å². The highest BCUT2D eigenvalue weighted by Gasteiger charge is 2.12. The molecule has 0 radical (unpaired) electrons. The van der Waals surface area contributed by atoms with Crippen LogP contribution in [0.1, 0.15) is 18.5 Å². The van der Waals surface area contributed by atoms with Gasteiger partial charge in [0.2, 0.25) is 0 Å². The van der Waals surface area contributed by atoms with Gasteiger partial charge in [0.05, 0.1) is 18.1 Å². The van der Waals surface area contributed by atoms with Gasteiger partial charge in [-0.2, -0.15) is 0 Å². The molecule has 0 bridgehead atoms. The molecular formula is C10H12N2O4. The summed E-state index contributed by atoms with van der Waals surface area (Å²) in [6.07, 6.45) is -0.570. The number of methoxy groups -OCH3 is 1. The number of ether oxygens (including phenoxy) is 1. The molecule has 0 aliphatic rings. The van der Waals surface area contributed by atoms with Crippen LogP contribution < -0.4 is 5.32 Å². The van der Waals surface area contributed by atoms with E-state index in [2.05, 4.69) is 10.1 Å². The fourth-order valence-electron chi connectivity index (χ4n) is 1.23. The Balaban J connectivity index is 2.83. The van der Waals surface area contributed by atoms with Gasteiger partial charge in [-0.1, -0.05) is 12.1 Å². The highest BCUT2D eigenvalue weighted by atomic mass is 16.6. The van der Waals surface area contributed by atoms with Crippen molar-refractivity contribution in [3.8, 4) is 0 Å². The number of carbonyl (C=O) groups excluding carboxylic acids is 1. The predicted octanol–water partition coefficient (Wildman–Crippen LogP) is 2.01. The third-order valence-electron chi connectivity index (χ3n) is 2.10. The third-order valence-corrected chi connectivity index (χ3v) is 2.10. The van der Waals surface area contributed by atoms with Crippen LogP contribution >= 0.6 is 0 Å². The van der Waals surface area contributed by atoms with Gasteiger partial charge in [0.25, 0.3) is 5.69 Å². The van der Waals surface area contributed by atoms with Gasteiger partial charge in [-0.3, -0.25) is 10.1 Å². The number of amides is 1. The van der Waals surface area contributed by atoms with E-state index in [0.29, 0.717) is 5.56 Å². The molecule has 0 fully saturated rings. The van der Waals surface area contributed by atoms with Gasteiger partial charge in [-0.25, -0.2) is 4.79 Å². The number of nitrogens with one attached hydrogen (secondary N) is 1. The van der Waals surface area contributed by atoms with Crippen LogP contribution in [-0.4, -0.2) is 18.1 Å². The molecule has 1 atom stereocenters. The molecule has 6 heteroatoms. The van der Waals surface area contributed by atoms with E-state index in [1.807, 2.05) is 0 Å². The van der Waals surface area contributed by atoms with E-state index in [4.69, 9.17) is 0 Å². The molecule has 0 aliphatic heterocycles. The molecule has 1 aromatic carbocycles. The van der Waals surface area contributed by atoms with Crippen LogP contribution in [0.5, 0.6) is 0 Å². The van der Waals surface area contributed by atoms with Crippen LogP contribution in [-0.2, 0) is 4.74 Å². The first-order valence-corrected chi connectivity index (χ1v) is 4.63. The topological polar surface area (TPSA) is 81.5 Å². The first kappa shape index (κ1) is 12.0. The number of carbonyl (C=O) groups is 1. The van der Waals surface area contributed by atoms with Gasteiger partial charge in [0.15, 0.2) is 0 Å². The van der Waals surface area contributed by atoms with Crippen molar-refractivity contribution < 1.29 is 14.5 Å². The fraction of sp³-hybridized carbons (Fsp3) is 0.300. The van der Waals surface area contributed by atoms with Crippen LogP contribution in [0, 0.1) is 10.1 Å². The molecule has 0 spiro atoms. The number of nitro groups is 1. The average Bonchev–Trinajstić information content (AvgIpc) is 2.28. The van der Waals surface area contributed by atoms with Crippen molar-refractivity contribution in [1.82, 2.24) is 5.32 Å². The predicted molar refractivity (Wildman–Crippen MR) is 57.1 cm³/mol. The van der Waals surface area contributed by atoms with Gasteiger partial charge in [0.1, 0.15) is 0 Å². The van der Waals surface area contributed by atoms with Crippen molar-refractivity contribution in [3.05, 3.63) is 39.9 Å². The summed E-state index contributed by atoms with van der Waals surface area (Å²) in [5.41, 5.74) is 0.649. The molecule has 0 heterocycles. The quantitative estimate of drug-likeness (QED) is 0.629. The van der Waals surface area contributed by atoms with E-state index in [0.717, 1.165) is 0 Å². The Labute approximate surface area is 92.4 Å². The Hall–Kier alpha value is -2.11. The molecule has 0 aromatic heterocycles. The molecule has 6 nitrogen and oxygen atoms in total. The molecule has 1 amide bonds. The van der Waals surface area contributed by atoms with Gasteiger partial charge >= 0.3 is 6.09 Å². The number of nitrogens with zero attached hydrogens (tertiary/aromatic N) is 1. The summed E-state index contributed by atoms with van der Waals surface area (Å²) in [6, 6.07) is 5.75. The zero-order chi connectivity index (χ0) is 12.1. The third kappa shape index (κ3) is 2.94. The lowest BCUT2D eigenvalue weighted by Crippen LogP contribution is -2.26. The minimum Gasteiger partial charge on any atom is -0.453 e. The monoisotopic (exact) mass is 224 g/mol. The number of hydrogen-bond donors (Lipinski definition) is 1. The minimum atomic E-state index is -0.570. The van der Waals surface area contributed by atoms with E-state index < -0.39 is 11.0 Å². The normalized spacial score (nSPS) is 11.6. The SMILES string of the molecule is COC(=O)NC(C)c1cccc([N+](=O)[O-])c1. The smallest absolute Gasteiger partial charge is 0.407 e. The maximum absolute atomic E-state index is 10.9. The first-order chi connectivity index (χ1) is 7.54. The van der Waals surface area contributed by atoms with E-state index in [-0.39, 0.29) is 11.7 Å². The summed E-state index contributed by atoms with van der Waals surface area (Å²) in [7, 11) is 1.26. The number of non-ortho nitro benzene ring substituents is 1. The largest absolute Gasteiger partial charge is 0.453 e. The number of nitro benzene ring substituents is 1. The van der Waals surface area contributed by atoms with Crippen molar-refractivity contribution in [2.45, 2.75) is 13.0 Å². The van der Waals surface area contributed by atoms with Crippen molar-refractivity contribution in [3.63, 3.8) is 0 Å². The summed E-state index contributed by atoms with van der Waals surface area (Å²) < 4.78 is 4.44. The van der Waals surface area contributed by atoms with Crippen molar-refractivity contribution >= 4 is 11.8 Å².